The van der Waals surface area contributed by atoms with Crippen LogP contribution in [-0.2, 0) is 12.0 Å². The van der Waals surface area contributed by atoms with Crippen molar-refractivity contribution in [2.24, 2.45) is 5.73 Å². The third-order valence-electron chi connectivity index (χ3n) is 3.14. The molecule has 0 aliphatic heterocycles. The molecule has 0 radical (unpaired) electrons. The summed E-state index contributed by atoms with van der Waals surface area (Å²) >= 11 is 0. The molecule has 0 aliphatic carbocycles. The van der Waals surface area contributed by atoms with Gasteiger partial charge >= 0.3 is 0 Å². The summed E-state index contributed by atoms with van der Waals surface area (Å²) in [5, 5.41) is 0. The SMILES string of the molecule is Cc1cccc(C(C)(N)Cc2cccc(F)c2)c1. The minimum atomic E-state index is -0.486. The van der Waals surface area contributed by atoms with E-state index in [0.717, 1.165) is 11.1 Å². The van der Waals surface area contributed by atoms with Gasteiger partial charge in [0.2, 0.25) is 0 Å². The average molecular weight is 243 g/mol. The van der Waals surface area contributed by atoms with Crippen LogP contribution in [-0.4, -0.2) is 0 Å². The molecule has 1 unspecified atom stereocenters. The number of benzene rings is 2. The highest BCUT2D eigenvalue weighted by Crippen LogP contribution is 2.23. The fourth-order valence-electron chi connectivity index (χ4n) is 2.17. The first-order chi connectivity index (χ1) is 8.47. The van der Waals surface area contributed by atoms with Crippen molar-refractivity contribution in [1.29, 1.82) is 0 Å². The largest absolute Gasteiger partial charge is 0.321 e. The normalized spacial score (nSPS) is 14.2. The fraction of sp³-hybridized carbons (Fsp3) is 0.250. The minimum absolute atomic E-state index is 0.215. The van der Waals surface area contributed by atoms with Gasteiger partial charge in [-0.1, -0.05) is 42.0 Å². The average Bonchev–Trinajstić information content (AvgIpc) is 2.28. The molecule has 2 rings (SSSR count). The topological polar surface area (TPSA) is 26.0 Å². The Kier molecular flexibility index (Phi) is 3.48. The lowest BCUT2D eigenvalue weighted by atomic mass is 9.86. The summed E-state index contributed by atoms with van der Waals surface area (Å²) in [6.45, 7) is 4.02. The Balaban J connectivity index is 2.26. The van der Waals surface area contributed by atoms with Crippen molar-refractivity contribution in [3.63, 3.8) is 0 Å². The molecule has 0 amide bonds. The molecular weight excluding hydrogens is 225 g/mol. The highest BCUT2D eigenvalue weighted by Gasteiger charge is 2.21. The zero-order valence-corrected chi connectivity index (χ0v) is 10.8. The van der Waals surface area contributed by atoms with E-state index >= 15 is 0 Å². The molecular formula is C16H18FN. The number of hydrogen-bond acceptors (Lipinski definition) is 1. The van der Waals surface area contributed by atoms with Crippen LogP contribution in [0.1, 0.15) is 23.6 Å². The van der Waals surface area contributed by atoms with Gasteiger partial charge < -0.3 is 5.73 Å². The minimum Gasteiger partial charge on any atom is -0.321 e. The van der Waals surface area contributed by atoms with Crippen LogP contribution in [0.4, 0.5) is 4.39 Å². The molecule has 2 N–H and O–H groups in total. The molecule has 0 aromatic heterocycles. The van der Waals surface area contributed by atoms with Gasteiger partial charge in [-0.25, -0.2) is 4.39 Å². The maximum absolute atomic E-state index is 13.2. The van der Waals surface area contributed by atoms with Gasteiger partial charge in [-0.15, -0.1) is 0 Å². The summed E-state index contributed by atoms with van der Waals surface area (Å²) in [7, 11) is 0. The van der Waals surface area contributed by atoms with Crippen molar-refractivity contribution >= 4 is 0 Å². The molecule has 0 spiro atoms. The third kappa shape index (κ3) is 2.96. The van der Waals surface area contributed by atoms with E-state index in [1.165, 1.54) is 11.6 Å². The Morgan fingerprint density at radius 2 is 1.83 bits per heavy atom. The predicted octanol–water partition coefficient (Wildman–Crippen LogP) is 3.55. The zero-order valence-electron chi connectivity index (χ0n) is 10.8. The van der Waals surface area contributed by atoms with Crippen LogP contribution in [0.2, 0.25) is 0 Å². The number of nitrogens with two attached hydrogens (primary N) is 1. The van der Waals surface area contributed by atoms with Gasteiger partial charge in [-0.3, -0.25) is 0 Å². The van der Waals surface area contributed by atoms with Crippen molar-refractivity contribution in [1.82, 2.24) is 0 Å². The molecule has 94 valence electrons. The smallest absolute Gasteiger partial charge is 0.123 e. The lowest BCUT2D eigenvalue weighted by Gasteiger charge is -2.26. The first-order valence-corrected chi connectivity index (χ1v) is 6.08. The second-order valence-electron chi connectivity index (χ2n) is 5.09. The van der Waals surface area contributed by atoms with Crippen molar-refractivity contribution in [2.75, 3.05) is 0 Å². The molecule has 18 heavy (non-hydrogen) atoms. The molecule has 0 fully saturated rings. The summed E-state index contributed by atoms with van der Waals surface area (Å²) in [5.41, 5.74) is 9.06. The summed E-state index contributed by atoms with van der Waals surface area (Å²) in [6, 6.07) is 14.8. The van der Waals surface area contributed by atoms with Crippen LogP contribution < -0.4 is 5.73 Å². The maximum Gasteiger partial charge on any atom is 0.123 e. The van der Waals surface area contributed by atoms with Crippen LogP contribution in [0.15, 0.2) is 48.5 Å². The molecule has 1 atom stereocenters. The first-order valence-electron chi connectivity index (χ1n) is 6.08. The van der Waals surface area contributed by atoms with E-state index in [1.807, 2.05) is 38.1 Å². The van der Waals surface area contributed by atoms with E-state index in [0.29, 0.717) is 6.42 Å². The molecule has 2 aromatic carbocycles. The quantitative estimate of drug-likeness (QED) is 0.876. The number of rotatable bonds is 3. The molecule has 0 heterocycles. The van der Waals surface area contributed by atoms with Gasteiger partial charge in [-0.2, -0.15) is 0 Å². The van der Waals surface area contributed by atoms with E-state index in [1.54, 1.807) is 12.1 Å². The lowest BCUT2D eigenvalue weighted by Crippen LogP contribution is -2.35. The number of hydrogen-bond donors (Lipinski definition) is 1. The highest BCUT2D eigenvalue weighted by atomic mass is 19.1. The molecule has 0 aliphatic rings. The summed E-state index contributed by atoms with van der Waals surface area (Å²) in [6.07, 6.45) is 0.619. The highest BCUT2D eigenvalue weighted by molar-refractivity contribution is 5.30. The number of halogens is 1. The standard InChI is InChI=1S/C16H18FN/c1-12-5-3-7-14(9-12)16(2,18)11-13-6-4-8-15(17)10-13/h3-10H,11,18H2,1-2H3. The first kappa shape index (κ1) is 12.8. The van der Waals surface area contributed by atoms with Crippen LogP contribution in [0.3, 0.4) is 0 Å². The van der Waals surface area contributed by atoms with Gasteiger partial charge in [-0.05, 0) is 43.5 Å². The molecule has 1 nitrogen and oxygen atoms in total. The molecule has 2 heteroatoms. The molecule has 2 aromatic rings. The van der Waals surface area contributed by atoms with Crippen LogP contribution in [0, 0.1) is 12.7 Å². The van der Waals surface area contributed by atoms with Gasteiger partial charge in [0.25, 0.3) is 0 Å². The fourth-order valence-corrected chi connectivity index (χ4v) is 2.17. The Morgan fingerprint density at radius 3 is 2.50 bits per heavy atom. The summed E-state index contributed by atoms with van der Waals surface area (Å²) < 4.78 is 13.2. The van der Waals surface area contributed by atoms with Gasteiger partial charge in [0.1, 0.15) is 5.82 Å². The Bertz CT molecular complexity index is 546. The van der Waals surface area contributed by atoms with Gasteiger partial charge in [0.15, 0.2) is 0 Å². The van der Waals surface area contributed by atoms with Crippen molar-refractivity contribution < 1.29 is 4.39 Å². The van der Waals surface area contributed by atoms with Crippen LogP contribution in [0.5, 0.6) is 0 Å². The van der Waals surface area contributed by atoms with Gasteiger partial charge in [0, 0.05) is 5.54 Å². The Morgan fingerprint density at radius 1 is 1.11 bits per heavy atom. The zero-order chi connectivity index (χ0) is 13.2. The molecule has 0 bridgehead atoms. The second kappa shape index (κ2) is 4.91. The van der Waals surface area contributed by atoms with E-state index in [-0.39, 0.29) is 5.82 Å². The Labute approximate surface area is 107 Å². The second-order valence-corrected chi connectivity index (χ2v) is 5.09. The van der Waals surface area contributed by atoms with Crippen molar-refractivity contribution in [3.8, 4) is 0 Å². The Hall–Kier alpha value is -1.67. The van der Waals surface area contributed by atoms with E-state index in [2.05, 4.69) is 6.07 Å². The maximum atomic E-state index is 13.2. The third-order valence-corrected chi connectivity index (χ3v) is 3.14. The van der Waals surface area contributed by atoms with E-state index < -0.39 is 5.54 Å². The van der Waals surface area contributed by atoms with Crippen molar-refractivity contribution in [2.45, 2.75) is 25.8 Å². The monoisotopic (exact) mass is 243 g/mol. The predicted molar refractivity (Wildman–Crippen MR) is 72.8 cm³/mol. The number of aryl methyl sites for hydroxylation is 1. The molecule has 0 saturated heterocycles. The lowest BCUT2D eigenvalue weighted by molar-refractivity contribution is 0.489. The van der Waals surface area contributed by atoms with E-state index in [4.69, 9.17) is 5.73 Å². The van der Waals surface area contributed by atoms with E-state index in [9.17, 15) is 4.39 Å². The summed E-state index contributed by atoms with van der Waals surface area (Å²) in [5.74, 6) is -0.215. The van der Waals surface area contributed by atoms with Gasteiger partial charge in [0.05, 0.1) is 0 Å². The van der Waals surface area contributed by atoms with Crippen molar-refractivity contribution in [3.05, 3.63) is 71.0 Å². The molecule has 0 saturated carbocycles. The summed E-state index contributed by atoms with van der Waals surface area (Å²) in [4.78, 5) is 0. The van der Waals surface area contributed by atoms with Crippen LogP contribution >= 0.6 is 0 Å². The van der Waals surface area contributed by atoms with Crippen LogP contribution in [0.25, 0.3) is 0 Å².